The number of aryl methyl sites for hydroxylation is 1. The van der Waals surface area contributed by atoms with Crippen LogP contribution in [-0.2, 0) is 11.2 Å². The number of esters is 1. The smallest absolute Gasteiger partial charge is 0.356 e. The number of ketones is 1. The Bertz CT molecular complexity index is 729. The van der Waals surface area contributed by atoms with Gasteiger partial charge in [0.25, 0.3) is 0 Å². The van der Waals surface area contributed by atoms with Gasteiger partial charge in [0.15, 0.2) is 5.78 Å². The van der Waals surface area contributed by atoms with Gasteiger partial charge < -0.3 is 15.5 Å². The lowest BCUT2D eigenvalue weighted by atomic mass is 9.85. The number of nitrogens with one attached hydrogen (secondary N) is 1. The fourth-order valence-corrected chi connectivity index (χ4v) is 3.80. The van der Waals surface area contributed by atoms with Crippen LogP contribution < -0.4 is 5.73 Å². The molecule has 21 heavy (non-hydrogen) atoms. The maximum absolute atomic E-state index is 12.4. The number of aromatic nitrogens is 1. The number of thiophene rings is 1. The number of anilines is 1. The molecule has 0 radical (unpaired) electrons. The number of carbonyl (C=O) groups excluding carboxylic acids is 2. The van der Waals surface area contributed by atoms with Crippen LogP contribution in [0.5, 0.6) is 0 Å². The summed E-state index contributed by atoms with van der Waals surface area (Å²) in [5.74, 6) is -0.415. The summed E-state index contributed by atoms with van der Waals surface area (Å²) in [7, 11) is 1.29. The van der Waals surface area contributed by atoms with Gasteiger partial charge in [-0.1, -0.05) is 0 Å². The third kappa shape index (κ3) is 2.25. The predicted molar refractivity (Wildman–Crippen MR) is 81.0 cm³/mol. The van der Waals surface area contributed by atoms with Gasteiger partial charge in [-0.3, -0.25) is 4.79 Å². The lowest BCUT2D eigenvalue weighted by Crippen LogP contribution is -2.18. The zero-order valence-corrected chi connectivity index (χ0v) is 12.7. The lowest BCUT2D eigenvalue weighted by molar-refractivity contribution is 0.0595. The summed E-state index contributed by atoms with van der Waals surface area (Å²) in [6.07, 6.45) is 1.11. The molecule has 0 amide bonds. The summed E-state index contributed by atoms with van der Waals surface area (Å²) in [6, 6.07) is 4.12. The summed E-state index contributed by atoms with van der Waals surface area (Å²) in [5, 5.41) is 0. The van der Waals surface area contributed by atoms with Crippen LogP contribution in [0.15, 0.2) is 12.1 Å². The summed E-state index contributed by atoms with van der Waals surface area (Å²) >= 11 is 1.70. The quantitative estimate of drug-likeness (QED) is 0.835. The van der Waals surface area contributed by atoms with Crippen molar-refractivity contribution in [2.75, 3.05) is 12.8 Å². The second-order valence-electron chi connectivity index (χ2n) is 5.24. The van der Waals surface area contributed by atoms with Crippen molar-refractivity contribution >= 4 is 28.8 Å². The highest BCUT2D eigenvalue weighted by atomic mass is 32.1. The van der Waals surface area contributed by atoms with Gasteiger partial charge in [-0.15, -0.1) is 11.3 Å². The SMILES string of the molecule is COC(=O)c1[nH]c2c(c1N)C(=O)CC(c1ccc(C)s1)C2. The zero-order chi connectivity index (χ0) is 15.1. The van der Waals surface area contributed by atoms with E-state index < -0.39 is 5.97 Å². The Hall–Kier alpha value is -2.08. The van der Waals surface area contributed by atoms with Crippen LogP contribution in [0, 0.1) is 6.92 Å². The highest BCUT2D eigenvalue weighted by Crippen LogP contribution is 2.38. The van der Waals surface area contributed by atoms with Crippen molar-refractivity contribution in [2.45, 2.75) is 25.7 Å². The second kappa shape index (κ2) is 5.04. The minimum Gasteiger partial charge on any atom is -0.464 e. The van der Waals surface area contributed by atoms with Crippen molar-refractivity contribution in [1.29, 1.82) is 0 Å². The maximum Gasteiger partial charge on any atom is 0.356 e. The van der Waals surface area contributed by atoms with Gasteiger partial charge in [-0.25, -0.2) is 4.79 Å². The van der Waals surface area contributed by atoms with E-state index in [0.717, 1.165) is 5.69 Å². The molecule has 5 nitrogen and oxygen atoms in total. The number of rotatable bonds is 2. The zero-order valence-electron chi connectivity index (χ0n) is 11.9. The van der Waals surface area contributed by atoms with Gasteiger partial charge >= 0.3 is 5.97 Å². The van der Waals surface area contributed by atoms with Crippen LogP contribution in [0.1, 0.15) is 48.6 Å². The van der Waals surface area contributed by atoms with Crippen molar-refractivity contribution in [3.05, 3.63) is 38.8 Å². The van der Waals surface area contributed by atoms with E-state index in [1.165, 1.54) is 16.9 Å². The largest absolute Gasteiger partial charge is 0.464 e. The molecule has 1 unspecified atom stereocenters. The van der Waals surface area contributed by atoms with Crippen molar-refractivity contribution in [3.8, 4) is 0 Å². The second-order valence-corrected chi connectivity index (χ2v) is 6.56. The number of hydrogen-bond donors (Lipinski definition) is 2. The van der Waals surface area contributed by atoms with Gasteiger partial charge in [-0.2, -0.15) is 0 Å². The van der Waals surface area contributed by atoms with E-state index in [1.807, 2.05) is 6.92 Å². The monoisotopic (exact) mass is 304 g/mol. The number of nitrogen functional groups attached to an aromatic ring is 1. The van der Waals surface area contributed by atoms with E-state index in [2.05, 4.69) is 21.9 Å². The number of methoxy groups -OCH3 is 1. The molecule has 0 saturated carbocycles. The van der Waals surface area contributed by atoms with Gasteiger partial charge in [0.2, 0.25) is 0 Å². The first-order chi connectivity index (χ1) is 10.0. The van der Waals surface area contributed by atoms with Gasteiger partial charge in [0.05, 0.1) is 18.4 Å². The molecule has 0 aromatic carbocycles. The van der Waals surface area contributed by atoms with E-state index in [9.17, 15) is 9.59 Å². The number of nitrogens with two attached hydrogens (primary N) is 1. The van der Waals surface area contributed by atoms with Crippen molar-refractivity contribution in [3.63, 3.8) is 0 Å². The number of fused-ring (bicyclic) bond motifs is 1. The fourth-order valence-electron chi connectivity index (χ4n) is 2.82. The van der Waals surface area contributed by atoms with E-state index in [1.54, 1.807) is 11.3 Å². The third-order valence-electron chi connectivity index (χ3n) is 3.83. The summed E-state index contributed by atoms with van der Waals surface area (Å²) in [5.41, 5.74) is 7.51. The number of carbonyl (C=O) groups is 2. The number of Topliss-reactive ketones (excluding diaryl/α,β-unsaturated/α-hetero) is 1. The first-order valence-electron chi connectivity index (χ1n) is 6.69. The number of ether oxygens (including phenoxy) is 1. The summed E-state index contributed by atoms with van der Waals surface area (Å²) < 4.78 is 4.69. The van der Waals surface area contributed by atoms with Crippen LogP contribution >= 0.6 is 11.3 Å². The lowest BCUT2D eigenvalue weighted by Gasteiger charge is -2.20. The van der Waals surface area contributed by atoms with E-state index >= 15 is 0 Å². The molecule has 0 fully saturated rings. The maximum atomic E-state index is 12.4. The molecule has 2 heterocycles. The molecule has 110 valence electrons. The minimum absolute atomic E-state index is 0.0174. The standard InChI is InChI=1S/C15H16N2O3S/c1-7-3-4-11(21-7)8-5-9-12(10(18)6-8)13(16)14(17-9)15(19)20-2/h3-4,8,17H,5-6,16H2,1-2H3. The van der Waals surface area contributed by atoms with Crippen LogP contribution in [0.2, 0.25) is 0 Å². The van der Waals surface area contributed by atoms with E-state index in [-0.39, 0.29) is 23.1 Å². The van der Waals surface area contributed by atoms with Crippen LogP contribution in [0.3, 0.4) is 0 Å². The normalized spacial score (nSPS) is 17.6. The van der Waals surface area contributed by atoms with Crippen molar-refractivity contribution in [1.82, 2.24) is 4.98 Å². The molecule has 3 rings (SSSR count). The number of aromatic amines is 1. The topological polar surface area (TPSA) is 85.2 Å². The number of hydrogen-bond acceptors (Lipinski definition) is 5. The van der Waals surface area contributed by atoms with Crippen LogP contribution in [0.4, 0.5) is 5.69 Å². The summed E-state index contributed by atoms with van der Waals surface area (Å²) in [6.45, 7) is 2.05. The molecule has 1 atom stereocenters. The predicted octanol–water partition coefficient (Wildman–Crippen LogP) is 2.67. The molecule has 1 aliphatic carbocycles. The summed E-state index contributed by atoms with van der Waals surface area (Å²) in [4.78, 5) is 29.4. The van der Waals surface area contributed by atoms with Gasteiger partial charge in [0.1, 0.15) is 5.69 Å². The molecule has 0 bridgehead atoms. The highest BCUT2D eigenvalue weighted by Gasteiger charge is 2.33. The molecule has 0 saturated heterocycles. The highest BCUT2D eigenvalue weighted by molar-refractivity contribution is 7.12. The van der Waals surface area contributed by atoms with Gasteiger partial charge in [0, 0.05) is 27.8 Å². The third-order valence-corrected chi connectivity index (χ3v) is 4.99. The van der Waals surface area contributed by atoms with Crippen molar-refractivity contribution in [2.24, 2.45) is 0 Å². The molecule has 0 spiro atoms. The molecule has 2 aromatic heterocycles. The molecular weight excluding hydrogens is 288 g/mol. The molecule has 1 aliphatic rings. The Morgan fingerprint density at radius 3 is 2.81 bits per heavy atom. The Kier molecular flexibility index (Phi) is 3.33. The molecule has 3 N–H and O–H groups in total. The van der Waals surface area contributed by atoms with Crippen molar-refractivity contribution < 1.29 is 14.3 Å². The number of H-pyrrole nitrogens is 1. The minimum atomic E-state index is -0.543. The Morgan fingerprint density at radius 2 is 2.19 bits per heavy atom. The molecule has 6 heteroatoms. The fraction of sp³-hybridized carbons (Fsp3) is 0.333. The Morgan fingerprint density at radius 1 is 1.43 bits per heavy atom. The van der Waals surface area contributed by atoms with Gasteiger partial charge in [-0.05, 0) is 25.5 Å². The molecule has 2 aromatic rings. The average Bonchev–Trinajstić information content (AvgIpc) is 3.02. The molecule has 0 aliphatic heterocycles. The first kappa shape index (κ1) is 13.9. The van der Waals surface area contributed by atoms with Crippen LogP contribution in [-0.4, -0.2) is 23.8 Å². The Labute approximate surface area is 126 Å². The van der Waals surface area contributed by atoms with Crippen LogP contribution in [0.25, 0.3) is 0 Å². The first-order valence-corrected chi connectivity index (χ1v) is 7.51. The Balaban J connectivity index is 1.99. The van der Waals surface area contributed by atoms with E-state index in [4.69, 9.17) is 5.73 Å². The van der Waals surface area contributed by atoms with E-state index in [0.29, 0.717) is 18.4 Å². The average molecular weight is 304 g/mol. The molecular formula is C15H16N2O3S.